The molecule has 0 saturated carbocycles. The van der Waals surface area contributed by atoms with Crippen LogP contribution in [0.1, 0.15) is 21.9 Å². The third-order valence-corrected chi connectivity index (χ3v) is 6.21. The van der Waals surface area contributed by atoms with Gasteiger partial charge in [0.1, 0.15) is 10.7 Å². The van der Waals surface area contributed by atoms with Crippen LogP contribution in [0.4, 0.5) is 11.4 Å². The number of anilines is 2. The van der Waals surface area contributed by atoms with Crippen LogP contribution in [0.3, 0.4) is 0 Å². The number of halogens is 1. The number of amides is 1. The highest BCUT2D eigenvalue weighted by Crippen LogP contribution is 2.25. The quantitative estimate of drug-likeness (QED) is 0.830. The first kappa shape index (κ1) is 18.7. The monoisotopic (exact) mass is 388 g/mol. The number of rotatable bonds is 4. The summed E-state index contributed by atoms with van der Waals surface area (Å²) in [4.78, 5) is 16.2. The Morgan fingerprint density at radius 3 is 2.58 bits per heavy atom. The van der Waals surface area contributed by atoms with Crippen molar-refractivity contribution in [1.82, 2.24) is 4.98 Å². The molecule has 1 aliphatic rings. The number of nitrogens with two attached hydrogens (primary N) is 1. The Bertz CT molecular complexity index is 821. The van der Waals surface area contributed by atoms with Gasteiger partial charge in [-0.2, -0.15) is 0 Å². The standard InChI is InChI=1S/C14H16N4O3S2.ClH/c15-8-13-17-12(9-22-13)14(19)16-10-2-4-11(5-3-10)18-6-1-7-23(18,20)21;/h2-5,9H,1,6-8,15H2,(H,16,19);1H. The van der Waals surface area contributed by atoms with Crippen LogP contribution in [0.15, 0.2) is 29.6 Å². The number of nitrogens with zero attached hydrogens (tertiary/aromatic N) is 2. The summed E-state index contributed by atoms with van der Waals surface area (Å²) < 4.78 is 25.2. The van der Waals surface area contributed by atoms with Gasteiger partial charge in [-0.25, -0.2) is 13.4 Å². The molecule has 2 aromatic rings. The van der Waals surface area contributed by atoms with E-state index in [1.54, 1.807) is 29.6 Å². The molecule has 0 atom stereocenters. The summed E-state index contributed by atoms with van der Waals surface area (Å²) >= 11 is 1.34. The zero-order chi connectivity index (χ0) is 16.4. The number of benzene rings is 1. The highest BCUT2D eigenvalue weighted by molar-refractivity contribution is 7.93. The maximum Gasteiger partial charge on any atom is 0.275 e. The average molecular weight is 389 g/mol. The molecule has 1 fully saturated rings. The Hall–Kier alpha value is -1.68. The molecule has 1 aromatic carbocycles. The predicted octanol–water partition coefficient (Wildman–Crippen LogP) is 1.82. The molecule has 1 aliphatic heterocycles. The highest BCUT2D eigenvalue weighted by atomic mass is 35.5. The van der Waals surface area contributed by atoms with E-state index < -0.39 is 10.0 Å². The summed E-state index contributed by atoms with van der Waals surface area (Å²) in [7, 11) is -3.19. The van der Waals surface area contributed by atoms with E-state index in [9.17, 15) is 13.2 Å². The minimum Gasteiger partial charge on any atom is -0.325 e. The molecule has 2 heterocycles. The van der Waals surface area contributed by atoms with Gasteiger partial charge >= 0.3 is 0 Å². The molecule has 10 heteroatoms. The van der Waals surface area contributed by atoms with Crippen LogP contribution < -0.4 is 15.4 Å². The van der Waals surface area contributed by atoms with Crippen LogP contribution in [-0.4, -0.2) is 31.6 Å². The predicted molar refractivity (Wildman–Crippen MR) is 97.4 cm³/mol. The zero-order valence-corrected chi connectivity index (χ0v) is 15.1. The lowest BCUT2D eigenvalue weighted by Gasteiger charge is -2.17. The van der Waals surface area contributed by atoms with Crippen molar-refractivity contribution in [2.24, 2.45) is 5.73 Å². The van der Waals surface area contributed by atoms with Gasteiger partial charge in [0.2, 0.25) is 10.0 Å². The highest BCUT2D eigenvalue weighted by Gasteiger charge is 2.28. The molecule has 7 nitrogen and oxygen atoms in total. The molecule has 0 radical (unpaired) electrons. The average Bonchev–Trinajstić information content (AvgIpc) is 3.14. The minimum absolute atomic E-state index is 0. The summed E-state index contributed by atoms with van der Waals surface area (Å²) in [6.07, 6.45) is 0.633. The van der Waals surface area contributed by atoms with Crippen molar-refractivity contribution >= 4 is 51.0 Å². The number of hydrogen-bond donors (Lipinski definition) is 2. The molecule has 24 heavy (non-hydrogen) atoms. The van der Waals surface area contributed by atoms with Crippen molar-refractivity contribution in [3.05, 3.63) is 40.3 Å². The summed E-state index contributed by atoms with van der Waals surface area (Å²) in [5.74, 6) is -0.138. The Labute approximate surface area is 150 Å². The van der Waals surface area contributed by atoms with Crippen LogP contribution in [0.2, 0.25) is 0 Å². The second-order valence-corrected chi connectivity index (χ2v) is 8.03. The van der Waals surface area contributed by atoms with Crippen molar-refractivity contribution in [3.8, 4) is 0 Å². The number of carbonyl (C=O) groups excluding carboxylic acids is 1. The number of thiazole rings is 1. The Morgan fingerprint density at radius 1 is 1.33 bits per heavy atom. The normalized spacial score (nSPS) is 15.8. The zero-order valence-electron chi connectivity index (χ0n) is 12.6. The van der Waals surface area contributed by atoms with Gasteiger partial charge in [-0.3, -0.25) is 9.10 Å². The molecule has 3 N–H and O–H groups in total. The first-order valence-corrected chi connectivity index (χ1v) is 9.55. The largest absolute Gasteiger partial charge is 0.325 e. The summed E-state index contributed by atoms with van der Waals surface area (Å²) in [6.45, 7) is 0.797. The van der Waals surface area contributed by atoms with E-state index in [1.807, 2.05) is 0 Å². The molecule has 0 spiro atoms. The van der Waals surface area contributed by atoms with Gasteiger partial charge in [-0.05, 0) is 30.7 Å². The number of aromatic nitrogens is 1. The Morgan fingerprint density at radius 2 is 2.04 bits per heavy atom. The molecule has 1 aromatic heterocycles. The summed E-state index contributed by atoms with van der Waals surface area (Å²) in [5, 5.41) is 5.08. The van der Waals surface area contributed by atoms with E-state index in [0.717, 1.165) is 0 Å². The van der Waals surface area contributed by atoms with Gasteiger partial charge in [-0.15, -0.1) is 23.7 Å². The fourth-order valence-electron chi connectivity index (χ4n) is 2.34. The minimum atomic E-state index is -3.19. The van der Waals surface area contributed by atoms with E-state index in [-0.39, 0.29) is 24.1 Å². The number of nitrogens with one attached hydrogen (secondary N) is 1. The first-order chi connectivity index (χ1) is 11.0. The lowest BCUT2D eigenvalue weighted by Crippen LogP contribution is -2.25. The Kier molecular flexibility index (Phi) is 5.81. The van der Waals surface area contributed by atoms with Gasteiger partial charge in [0, 0.05) is 24.2 Å². The van der Waals surface area contributed by atoms with Crippen LogP contribution in [0.25, 0.3) is 0 Å². The Balaban J connectivity index is 0.00000208. The van der Waals surface area contributed by atoms with E-state index >= 15 is 0 Å². The molecule has 1 amide bonds. The molecular weight excluding hydrogens is 372 g/mol. The van der Waals surface area contributed by atoms with Gasteiger partial charge < -0.3 is 11.1 Å². The van der Waals surface area contributed by atoms with Crippen molar-refractivity contribution in [2.75, 3.05) is 21.9 Å². The van der Waals surface area contributed by atoms with Gasteiger partial charge in [0.25, 0.3) is 5.91 Å². The third-order valence-electron chi connectivity index (χ3n) is 3.47. The second kappa shape index (κ2) is 7.47. The summed E-state index contributed by atoms with van der Waals surface area (Å²) in [5.41, 5.74) is 6.99. The van der Waals surface area contributed by atoms with Gasteiger partial charge in [0.05, 0.1) is 11.4 Å². The van der Waals surface area contributed by atoms with Crippen LogP contribution in [0.5, 0.6) is 0 Å². The molecule has 0 unspecified atom stereocenters. The van der Waals surface area contributed by atoms with E-state index in [4.69, 9.17) is 5.73 Å². The van der Waals surface area contributed by atoms with Crippen molar-refractivity contribution in [2.45, 2.75) is 13.0 Å². The molecule has 130 valence electrons. The third kappa shape index (κ3) is 3.86. The number of hydrogen-bond acceptors (Lipinski definition) is 6. The maximum atomic E-state index is 12.1. The maximum absolute atomic E-state index is 12.1. The molecule has 3 rings (SSSR count). The van der Waals surface area contributed by atoms with E-state index in [2.05, 4.69) is 10.3 Å². The molecule has 0 bridgehead atoms. The SMILES string of the molecule is Cl.NCc1nc(C(=O)Nc2ccc(N3CCCS3(=O)=O)cc2)cs1. The van der Waals surface area contributed by atoms with Crippen LogP contribution in [-0.2, 0) is 16.6 Å². The second-order valence-electron chi connectivity index (χ2n) is 5.07. The fourth-order valence-corrected chi connectivity index (χ4v) is 4.56. The first-order valence-electron chi connectivity index (χ1n) is 7.06. The molecule has 0 aliphatic carbocycles. The lowest BCUT2D eigenvalue weighted by molar-refractivity contribution is 0.102. The fraction of sp³-hybridized carbons (Fsp3) is 0.286. The van der Waals surface area contributed by atoms with E-state index in [0.29, 0.717) is 41.6 Å². The number of carbonyl (C=O) groups is 1. The molecular formula is C14H17ClN4O3S2. The topological polar surface area (TPSA) is 105 Å². The van der Waals surface area contributed by atoms with Crippen molar-refractivity contribution in [3.63, 3.8) is 0 Å². The summed E-state index contributed by atoms with van der Waals surface area (Å²) in [6, 6.07) is 6.73. The van der Waals surface area contributed by atoms with Gasteiger partial charge in [-0.1, -0.05) is 0 Å². The lowest BCUT2D eigenvalue weighted by atomic mass is 10.2. The number of sulfonamides is 1. The van der Waals surface area contributed by atoms with Crippen molar-refractivity contribution < 1.29 is 13.2 Å². The van der Waals surface area contributed by atoms with Crippen LogP contribution >= 0.6 is 23.7 Å². The van der Waals surface area contributed by atoms with E-state index in [1.165, 1.54) is 15.6 Å². The smallest absolute Gasteiger partial charge is 0.275 e. The van der Waals surface area contributed by atoms with Gasteiger partial charge in [0.15, 0.2) is 0 Å². The molecule has 1 saturated heterocycles. The van der Waals surface area contributed by atoms with Crippen molar-refractivity contribution in [1.29, 1.82) is 0 Å². The van der Waals surface area contributed by atoms with Crippen LogP contribution in [0, 0.1) is 0 Å².